The highest BCUT2D eigenvalue weighted by molar-refractivity contribution is 5.79. The van der Waals surface area contributed by atoms with Crippen molar-refractivity contribution in [1.29, 1.82) is 5.26 Å². The maximum atomic E-state index is 8.39. The molecule has 1 aliphatic rings. The van der Waals surface area contributed by atoms with Crippen LogP contribution >= 0.6 is 0 Å². The van der Waals surface area contributed by atoms with E-state index in [0.29, 0.717) is 5.70 Å². The fraction of sp³-hybridized carbons (Fsp3) is 0. The molecule has 0 bridgehead atoms. The van der Waals surface area contributed by atoms with Crippen molar-refractivity contribution in [2.75, 3.05) is 0 Å². The van der Waals surface area contributed by atoms with E-state index in [9.17, 15) is 0 Å². The van der Waals surface area contributed by atoms with Gasteiger partial charge >= 0.3 is 0 Å². The van der Waals surface area contributed by atoms with Crippen molar-refractivity contribution in [2.24, 2.45) is 9.98 Å². The maximum Gasteiger partial charge on any atom is 0.141 e. The third-order valence-electron chi connectivity index (χ3n) is 0.905. The number of nitriles is 1. The molecule has 0 fully saturated rings. The van der Waals surface area contributed by atoms with E-state index in [-0.39, 0.29) is 0 Å². The molecule has 3 heteroatoms. The Balaban J connectivity index is 2.86. The number of hydrogen-bond donors (Lipinski definition) is 0. The average molecular weight is 131 g/mol. The fourth-order valence-corrected chi connectivity index (χ4v) is 0.484. The standard InChI is InChI=1S/C7H5N3/c8-6-7-2-5-9-3-1-4-10-7/h1-5H/b3-1-,4-1?,5-2?,7-2-,9-3?,9-5-,10-4-,10-7?. The van der Waals surface area contributed by atoms with Crippen LogP contribution in [0.1, 0.15) is 0 Å². The summed E-state index contributed by atoms with van der Waals surface area (Å²) in [5.74, 6) is 0. The summed E-state index contributed by atoms with van der Waals surface area (Å²) in [6, 6.07) is 1.91. The molecule has 0 spiro atoms. The second-order valence-electron chi connectivity index (χ2n) is 1.58. The third kappa shape index (κ3) is 1.67. The smallest absolute Gasteiger partial charge is 0.141 e. The van der Waals surface area contributed by atoms with Crippen LogP contribution in [0.4, 0.5) is 0 Å². The molecule has 0 radical (unpaired) electrons. The molecule has 0 atom stereocenters. The highest BCUT2D eigenvalue weighted by Gasteiger charge is 1.85. The Morgan fingerprint density at radius 2 is 2.30 bits per heavy atom. The van der Waals surface area contributed by atoms with Gasteiger partial charge in [-0.3, -0.25) is 4.99 Å². The van der Waals surface area contributed by atoms with Crippen LogP contribution in [0.2, 0.25) is 0 Å². The van der Waals surface area contributed by atoms with E-state index < -0.39 is 0 Å². The number of allylic oxidation sites excluding steroid dienone is 3. The van der Waals surface area contributed by atoms with E-state index in [4.69, 9.17) is 5.26 Å². The molecule has 0 aromatic heterocycles. The zero-order valence-electron chi connectivity index (χ0n) is 5.23. The topological polar surface area (TPSA) is 48.5 Å². The van der Waals surface area contributed by atoms with Crippen LogP contribution in [0.25, 0.3) is 0 Å². The van der Waals surface area contributed by atoms with Gasteiger partial charge in [0, 0.05) is 18.6 Å². The van der Waals surface area contributed by atoms with Gasteiger partial charge in [-0.15, -0.1) is 0 Å². The maximum absolute atomic E-state index is 8.39. The lowest BCUT2D eigenvalue weighted by atomic mass is 10.4. The van der Waals surface area contributed by atoms with Gasteiger partial charge in [0.1, 0.15) is 11.8 Å². The lowest BCUT2D eigenvalue weighted by Crippen LogP contribution is -1.77. The van der Waals surface area contributed by atoms with Gasteiger partial charge in [0.15, 0.2) is 0 Å². The molecule has 48 valence electrons. The first-order valence-electron chi connectivity index (χ1n) is 2.76. The van der Waals surface area contributed by atoms with Crippen molar-refractivity contribution < 1.29 is 0 Å². The SMILES string of the molecule is N#CC1=C/C=N\C=C/C=N\1. The van der Waals surface area contributed by atoms with Crippen LogP contribution in [0.5, 0.6) is 0 Å². The summed E-state index contributed by atoms with van der Waals surface area (Å²) in [5, 5.41) is 8.39. The van der Waals surface area contributed by atoms with Gasteiger partial charge < -0.3 is 0 Å². The Hall–Kier alpha value is -1.69. The van der Waals surface area contributed by atoms with Crippen molar-refractivity contribution in [3.63, 3.8) is 0 Å². The molecule has 0 aromatic rings. The van der Waals surface area contributed by atoms with Gasteiger partial charge in [-0.25, -0.2) is 4.99 Å². The largest absolute Gasteiger partial charge is 0.265 e. The monoisotopic (exact) mass is 131 g/mol. The van der Waals surface area contributed by atoms with Crippen LogP contribution in [0, 0.1) is 11.3 Å². The van der Waals surface area contributed by atoms with Crippen LogP contribution in [-0.2, 0) is 0 Å². The zero-order valence-corrected chi connectivity index (χ0v) is 5.23. The van der Waals surface area contributed by atoms with E-state index in [1.54, 1.807) is 18.4 Å². The molecule has 0 saturated carbocycles. The van der Waals surface area contributed by atoms with Crippen molar-refractivity contribution in [2.45, 2.75) is 0 Å². The number of nitrogens with zero attached hydrogens (tertiary/aromatic N) is 3. The molecule has 0 amide bonds. The molecule has 0 unspecified atom stereocenters. The first kappa shape index (κ1) is 6.43. The number of hydrogen-bond acceptors (Lipinski definition) is 3. The number of aliphatic imine (C=N–C) groups is 2. The summed E-state index contributed by atoms with van der Waals surface area (Å²) in [5.41, 5.74) is 0.369. The fourth-order valence-electron chi connectivity index (χ4n) is 0.484. The van der Waals surface area contributed by atoms with E-state index in [1.165, 1.54) is 12.4 Å². The molecular formula is C7H5N3. The summed E-state index contributed by atoms with van der Waals surface area (Å²) in [6.45, 7) is 0. The van der Waals surface area contributed by atoms with E-state index in [1.807, 2.05) is 6.07 Å². The highest BCUT2D eigenvalue weighted by Crippen LogP contribution is 1.93. The Morgan fingerprint density at radius 1 is 1.40 bits per heavy atom. The molecule has 0 saturated heterocycles. The van der Waals surface area contributed by atoms with Gasteiger partial charge in [-0.2, -0.15) is 5.26 Å². The lowest BCUT2D eigenvalue weighted by molar-refractivity contribution is 1.39. The van der Waals surface area contributed by atoms with Gasteiger partial charge in [0.05, 0.1) is 0 Å². The predicted octanol–water partition coefficient (Wildman–Crippen LogP) is 1.06. The van der Waals surface area contributed by atoms with Gasteiger partial charge in [-0.05, 0) is 12.2 Å². The molecule has 0 aliphatic carbocycles. The molecule has 1 rings (SSSR count). The molecule has 1 aliphatic heterocycles. The Labute approximate surface area is 58.7 Å². The molecule has 0 N–H and O–H groups in total. The number of rotatable bonds is 0. The van der Waals surface area contributed by atoms with Crippen LogP contribution in [0.15, 0.2) is 34.0 Å². The Kier molecular flexibility index (Phi) is 2.16. The van der Waals surface area contributed by atoms with E-state index in [2.05, 4.69) is 9.98 Å². The summed E-state index contributed by atoms with van der Waals surface area (Å²) in [4.78, 5) is 7.60. The normalized spacial score (nSPS) is 30.1. The minimum atomic E-state index is 0.369. The Bertz CT molecular complexity index is 263. The molecular weight excluding hydrogens is 126 g/mol. The second-order valence-corrected chi connectivity index (χ2v) is 1.58. The third-order valence-corrected chi connectivity index (χ3v) is 0.905. The minimum absolute atomic E-state index is 0.369. The molecule has 3 nitrogen and oxygen atoms in total. The van der Waals surface area contributed by atoms with Crippen LogP contribution in [0.3, 0.4) is 0 Å². The second kappa shape index (κ2) is 3.36. The van der Waals surface area contributed by atoms with Crippen molar-refractivity contribution in [3.05, 3.63) is 24.0 Å². The van der Waals surface area contributed by atoms with Crippen molar-refractivity contribution in [1.82, 2.24) is 0 Å². The predicted molar refractivity (Wildman–Crippen MR) is 39.8 cm³/mol. The molecule has 1 heterocycles. The zero-order chi connectivity index (χ0) is 7.23. The Morgan fingerprint density at radius 3 is 3.10 bits per heavy atom. The van der Waals surface area contributed by atoms with Crippen molar-refractivity contribution >= 4 is 12.4 Å². The highest BCUT2D eigenvalue weighted by atomic mass is 14.7. The lowest BCUT2D eigenvalue weighted by Gasteiger charge is -1.84. The van der Waals surface area contributed by atoms with E-state index in [0.717, 1.165) is 0 Å². The van der Waals surface area contributed by atoms with Gasteiger partial charge in [-0.1, -0.05) is 0 Å². The van der Waals surface area contributed by atoms with Crippen LogP contribution in [-0.4, -0.2) is 12.4 Å². The minimum Gasteiger partial charge on any atom is -0.265 e. The first-order chi connectivity index (χ1) is 4.93. The van der Waals surface area contributed by atoms with E-state index >= 15 is 0 Å². The first-order valence-corrected chi connectivity index (χ1v) is 2.76. The summed E-state index contributed by atoms with van der Waals surface area (Å²) in [7, 11) is 0. The quantitative estimate of drug-likeness (QED) is 0.485. The van der Waals surface area contributed by atoms with Gasteiger partial charge in [0.2, 0.25) is 0 Å². The molecule has 10 heavy (non-hydrogen) atoms. The van der Waals surface area contributed by atoms with Gasteiger partial charge in [0.25, 0.3) is 0 Å². The summed E-state index contributed by atoms with van der Waals surface area (Å²) >= 11 is 0. The van der Waals surface area contributed by atoms with Crippen LogP contribution < -0.4 is 0 Å². The average Bonchev–Trinajstić information content (AvgIpc) is 1.87. The van der Waals surface area contributed by atoms with Crippen molar-refractivity contribution in [3.8, 4) is 6.07 Å². The summed E-state index contributed by atoms with van der Waals surface area (Å²) in [6.07, 6.45) is 7.89. The molecule has 0 aromatic carbocycles. The summed E-state index contributed by atoms with van der Waals surface area (Å²) < 4.78 is 0.